The number of hydrogen-bond acceptors (Lipinski definition) is 4. The Balaban J connectivity index is 0.000000412. The van der Waals surface area contributed by atoms with Gasteiger partial charge in [-0.3, -0.25) is 0 Å². The Morgan fingerprint density at radius 3 is 2.08 bits per heavy atom. The van der Waals surface area contributed by atoms with Gasteiger partial charge < -0.3 is 21.3 Å². The number of nitrogens with two attached hydrogens (primary N) is 1. The summed E-state index contributed by atoms with van der Waals surface area (Å²) in [5, 5.41) is 20.4. The van der Waals surface area contributed by atoms with Crippen LogP contribution in [0.4, 0.5) is 18.9 Å². The highest BCUT2D eigenvalue weighted by Crippen LogP contribution is 2.15. The summed E-state index contributed by atoms with van der Waals surface area (Å²) >= 11 is 0. The third-order valence-corrected chi connectivity index (χ3v) is 3.31. The van der Waals surface area contributed by atoms with Gasteiger partial charge in [0.25, 0.3) is 0 Å². The third-order valence-electron chi connectivity index (χ3n) is 3.31. The normalized spacial score (nSPS) is 11.9. The Morgan fingerprint density at radius 2 is 1.62 bits per heavy atom. The van der Waals surface area contributed by atoms with Crippen LogP contribution in [0.25, 0.3) is 0 Å². The van der Waals surface area contributed by atoms with Crippen LogP contribution in [0.5, 0.6) is 0 Å². The van der Waals surface area contributed by atoms with Gasteiger partial charge in [0.05, 0.1) is 6.10 Å². The van der Waals surface area contributed by atoms with Crippen molar-refractivity contribution in [3.05, 3.63) is 65.7 Å². The summed E-state index contributed by atoms with van der Waals surface area (Å²) in [4.78, 5) is 8.90. The summed E-state index contributed by atoms with van der Waals surface area (Å²) in [5.74, 6) is -2.76. The molecule has 2 aromatic carbocycles. The van der Waals surface area contributed by atoms with Crippen molar-refractivity contribution < 1.29 is 28.2 Å². The second kappa shape index (κ2) is 10.4. The number of carboxylic acids is 1. The maximum Gasteiger partial charge on any atom is 0.490 e. The minimum atomic E-state index is -5.08. The standard InChI is InChI=1S/C16H20N2O.C2HF3O2/c17-11-10-13-6-8-15(9-7-13)18-12-16(19)14-4-2-1-3-5-14;3-2(4,5)1(6)7/h1-9,16,18-19H,10-12,17H2;(H,6,7). The summed E-state index contributed by atoms with van der Waals surface area (Å²) in [7, 11) is 0. The van der Waals surface area contributed by atoms with Gasteiger partial charge in [0, 0.05) is 12.2 Å². The van der Waals surface area contributed by atoms with E-state index in [2.05, 4.69) is 17.4 Å². The molecule has 26 heavy (non-hydrogen) atoms. The van der Waals surface area contributed by atoms with Crippen LogP contribution in [-0.2, 0) is 11.2 Å². The molecule has 142 valence electrons. The smallest absolute Gasteiger partial charge is 0.475 e. The fourth-order valence-corrected chi connectivity index (χ4v) is 1.96. The fraction of sp³-hybridized carbons (Fsp3) is 0.278. The molecule has 0 fully saturated rings. The molecule has 0 heterocycles. The van der Waals surface area contributed by atoms with Crippen molar-refractivity contribution in [2.24, 2.45) is 5.73 Å². The molecule has 2 rings (SSSR count). The summed E-state index contributed by atoms with van der Waals surface area (Å²) in [6.07, 6.45) is -4.68. The van der Waals surface area contributed by atoms with Crippen LogP contribution in [-0.4, -0.2) is 35.4 Å². The van der Waals surface area contributed by atoms with E-state index >= 15 is 0 Å². The van der Waals surface area contributed by atoms with Crippen LogP contribution < -0.4 is 11.1 Å². The molecule has 0 amide bonds. The van der Waals surface area contributed by atoms with Crippen molar-refractivity contribution in [2.75, 3.05) is 18.4 Å². The SMILES string of the molecule is NCCc1ccc(NCC(O)c2ccccc2)cc1.O=C(O)C(F)(F)F. The average molecular weight is 370 g/mol. The number of carboxylic acid groups (broad SMARTS) is 1. The Morgan fingerprint density at radius 1 is 1.08 bits per heavy atom. The molecule has 1 atom stereocenters. The van der Waals surface area contributed by atoms with Crippen molar-refractivity contribution in [2.45, 2.75) is 18.7 Å². The Kier molecular flexibility index (Phi) is 8.60. The molecular formula is C18H21F3N2O3. The van der Waals surface area contributed by atoms with Gasteiger partial charge in [0.15, 0.2) is 0 Å². The lowest BCUT2D eigenvalue weighted by Gasteiger charge is -2.13. The van der Waals surface area contributed by atoms with E-state index in [1.54, 1.807) is 0 Å². The molecule has 5 N–H and O–H groups in total. The molecule has 0 aliphatic rings. The van der Waals surface area contributed by atoms with Crippen molar-refractivity contribution in [3.8, 4) is 0 Å². The second-order valence-corrected chi connectivity index (χ2v) is 5.35. The van der Waals surface area contributed by atoms with E-state index in [4.69, 9.17) is 15.6 Å². The van der Waals surface area contributed by atoms with E-state index < -0.39 is 18.2 Å². The molecule has 8 heteroatoms. The van der Waals surface area contributed by atoms with Crippen LogP contribution in [0.1, 0.15) is 17.2 Å². The summed E-state index contributed by atoms with van der Waals surface area (Å²) in [6, 6.07) is 17.8. The van der Waals surface area contributed by atoms with Gasteiger partial charge in [0.2, 0.25) is 0 Å². The first-order valence-corrected chi connectivity index (χ1v) is 7.80. The van der Waals surface area contributed by atoms with Crippen molar-refractivity contribution in [3.63, 3.8) is 0 Å². The van der Waals surface area contributed by atoms with Crippen LogP contribution in [0.2, 0.25) is 0 Å². The van der Waals surface area contributed by atoms with Crippen molar-refractivity contribution in [1.29, 1.82) is 0 Å². The second-order valence-electron chi connectivity index (χ2n) is 5.35. The maximum absolute atomic E-state index is 10.6. The lowest BCUT2D eigenvalue weighted by Crippen LogP contribution is -2.21. The predicted octanol–water partition coefficient (Wildman–Crippen LogP) is 2.97. The van der Waals surface area contributed by atoms with E-state index in [9.17, 15) is 18.3 Å². The summed E-state index contributed by atoms with van der Waals surface area (Å²) in [5.41, 5.74) is 8.68. The summed E-state index contributed by atoms with van der Waals surface area (Å²) in [6.45, 7) is 1.17. The van der Waals surface area contributed by atoms with Gasteiger partial charge >= 0.3 is 12.1 Å². The number of benzene rings is 2. The molecule has 2 aromatic rings. The first-order valence-electron chi connectivity index (χ1n) is 7.80. The quantitative estimate of drug-likeness (QED) is 0.627. The van der Waals surface area contributed by atoms with Gasteiger partial charge in [-0.2, -0.15) is 13.2 Å². The van der Waals surface area contributed by atoms with E-state index in [-0.39, 0.29) is 0 Å². The number of halogens is 3. The zero-order valence-corrected chi connectivity index (χ0v) is 13.9. The lowest BCUT2D eigenvalue weighted by molar-refractivity contribution is -0.192. The zero-order chi connectivity index (χ0) is 19.6. The highest BCUT2D eigenvalue weighted by atomic mass is 19.4. The first kappa shape index (κ1) is 21.5. The third kappa shape index (κ3) is 8.00. The van der Waals surface area contributed by atoms with Gasteiger partial charge in [-0.1, -0.05) is 42.5 Å². The van der Waals surface area contributed by atoms with E-state index in [1.807, 2.05) is 42.5 Å². The molecule has 0 saturated heterocycles. The number of aliphatic hydroxyl groups excluding tert-OH is 1. The number of aliphatic hydroxyl groups is 1. The predicted molar refractivity (Wildman–Crippen MR) is 92.8 cm³/mol. The molecule has 0 spiro atoms. The first-order chi connectivity index (χ1) is 12.2. The minimum Gasteiger partial charge on any atom is -0.475 e. The Bertz CT molecular complexity index is 662. The van der Waals surface area contributed by atoms with E-state index in [0.29, 0.717) is 13.1 Å². The Hall–Kier alpha value is -2.58. The average Bonchev–Trinajstić information content (AvgIpc) is 2.61. The van der Waals surface area contributed by atoms with Gasteiger partial charge in [-0.05, 0) is 36.2 Å². The van der Waals surface area contributed by atoms with Gasteiger partial charge in [-0.15, -0.1) is 0 Å². The number of rotatable bonds is 6. The molecule has 0 saturated carbocycles. The minimum absolute atomic E-state index is 0.495. The molecular weight excluding hydrogens is 349 g/mol. The number of alkyl halides is 3. The van der Waals surface area contributed by atoms with Crippen LogP contribution in [0.3, 0.4) is 0 Å². The van der Waals surface area contributed by atoms with Crippen LogP contribution in [0.15, 0.2) is 54.6 Å². The van der Waals surface area contributed by atoms with E-state index in [1.165, 1.54) is 5.56 Å². The molecule has 0 aliphatic carbocycles. The lowest BCUT2D eigenvalue weighted by atomic mass is 10.1. The van der Waals surface area contributed by atoms with Crippen molar-refractivity contribution >= 4 is 11.7 Å². The van der Waals surface area contributed by atoms with Crippen LogP contribution >= 0.6 is 0 Å². The highest BCUT2D eigenvalue weighted by Gasteiger charge is 2.38. The van der Waals surface area contributed by atoms with Gasteiger partial charge in [0.1, 0.15) is 0 Å². The van der Waals surface area contributed by atoms with Crippen LogP contribution in [0, 0.1) is 0 Å². The molecule has 0 aromatic heterocycles. The monoisotopic (exact) mass is 370 g/mol. The molecule has 5 nitrogen and oxygen atoms in total. The zero-order valence-electron chi connectivity index (χ0n) is 13.9. The molecule has 0 aliphatic heterocycles. The maximum atomic E-state index is 10.6. The van der Waals surface area contributed by atoms with Crippen molar-refractivity contribution in [1.82, 2.24) is 0 Å². The highest BCUT2D eigenvalue weighted by molar-refractivity contribution is 5.73. The number of nitrogens with one attached hydrogen (secondary N) is 1. The number of anilines is 1. The molecule has 0 radical (unpaired) electrons. The molecule has 0 bridgehead atoms. The molecule has 1 unspecified atom stereocenters. The number of hydrogen-bond donors (Lipinski definition) is 4. The van der Waals surface area contributed by atoms with Gasteiger partial charge in [-0.25, -0.2) is 4.79 Å². The van der Waals surface area contributed by atoms with E-state index in [0.717, 1.165) is 17.7 Å². The fourth-order valence-electron chi connectivity index (χ4n) is 1.96. The largest absolute Gasteiger partial charge is 0.490 e. The Labute approximate surface area is 149 Å². The summed E-state index contributed by atoms with van der Waals surface area (Å²) < 4.78 is 31.7. The number of carbonyl (C=O) groups is 1. The number of aliphatic carboxylic acids is 1. The topological polar surface area (TPSA) is 95.6 Å².